The van der Waals surface area contributed by atoms with Gasteiger partial charge in [0.2, 0.25) is 0 Å². The second kappa shape index (κ2) is 27.9. The Balaban J connectivity index is 0.000000290. The van der Waals surface area contributed by atoms with Gasteiger partial charge < -0.3 is 31.2 Å². The first kappa shape index (κ1) is 46.5. The third-order valence-electron chi connectivity index (χ3n) is 8.87. The van der Waals surface area contributed by atoms with Crippen LogP contribution in [-0.2, 0) is 0 Å². The van der Waals surface area contributed by atoms with Crippen LogP contribution in [0.4, 0.5) is 11.4 Å². The Morgan fingerprint density at radius 2 is 0.625 bits per heavy atom. The summed E-state index contributed by atoms with van der Waals surface area (Å²) in [5.74, 6) is -2.54. The lowest BCUT2D eigenvalue weighted by atomic mass is 10.0. The van der Waals surface area contributed by atoms with E-state index < -0.39 is 23.9 Å². The Morgan fingerprint density at radius 1 is 0.393 bits per heavy atom. The molecule has 0 saturated heterocycles. The van der Waals surface area contributed by atoms with E-state index in [0.717, 1.165) is 0 Å². The summed E-state index contributed by atoms with van der Waals surface area (Å²) in [6.45, 7) is 4.59. The van der Waals surface area contributed by atoms with Crippen molar-refractivity contribution in [2.75, 3.05) is 11.5 Å². The quantitative estimate of drug-likeness (QED) is 0.0276. The molecule has 0 spiro atoms. The van der Waals surface area contributed by atoms with E-state index in [1.807, 2.05) is 0 Å². The normalized spacial score (nSPS) is 10.2. The van der Waals surface area contributed by atoms with Crippen molar-refractivity contribution >= 4 is 35.3 Å². The molecule has 0 fully saturated rings. The number of anilines is 2. The maximum Gasteiger partial charge on any atom is 0.343 e. The molecule has 0 radical (unpaired) electrons. The largest absolute Gasteiger partial charge is 0.478 e. The fourth-order valence-electron chi connectivity index (χ4n) is 5.52. The van der Waals surface area contributed by atoms with Crippen molar-refractivity contribution in [1.29, 1.82) is 0 Å². The molecule has 302 valence electrons. The van der Waals surface area contributed by atoms with E-state index in [9.17, 15) is 19.2 Å². The average Bonchev–Trinajstić information content (AvgIpc) is 3.19. The molecule has 4 aromatic carbocycles. The number of esters is 2. The molecule has 10 heteroatoms. The number of hydrogen-bond donors (Lipinski definition) is 4. The molecule has 0 aliphatic carbocycles. The predicted molar refractivity (Wildman–Crippen MR) is 224 cm³/mol. The van der Waals surface area contributed by atoms with Gasteiger partial charge in [0.1, 0.15) is 11.5 Å². The van der Waals surface area contributed by atoms with Crippen LogP contribution in [0, 0.1) is 0 Å². The zero-order valence-corrected chi connectivity index (χ0v) is 33.0. The van der Waals surface area contributed by atoms with E-state index >= 15 is 0 Å². The number of ether oxygens (including phenoxy) is 2. The Hall–Kier alpha value is -5.64. The fourth-order valence-corrected chi connectivity index (χ4v) is 5.52. The number of nitrogen functional groups attached to an aromatic ring is 2. The van der Waals surface area contributed by atoms with E-state index in [2.05, 4.69) is 13.8 Å². The lowest BCUT2D eigenvalue weighted by molar-refractivity contribution is 0.0685. The predicted octanol–water partition coefficient (Wildman–Crippen LogP) is 11.6. The third kappa shape index (κ3) is 20.2. The van der Waals surface area contributed by atoms with Gasteiger partial charge in [0.05, 0.1) is 22.3 Å². The number of hydrogen-bond acceptors (Lipinski definition) is 8. The molecule has 0 aliphatic heterocycles. The molecular formula is C46H60N2O8. The summed E-state index contributed by atoms with van der Waals surface area (Å²) in [6.07, 6.45) is 23.4. The van der Waals surface area contributed by atoms with Crippen LogP contribution in [-0.4, -0.2) is 34.1 Å². The van der Waals surface area contributed by atoms with Gasteiger partial charge in [-0.1, -0.05) is 117 Å². The molecule has 0 atom stereocenters. The second-order valence-electron chi connectivity index (χ2n) is 13.6. The van der Waals surface area contributed by atoms with Crippen LogP contribution in [0.5, 0.6) is 11.5 Å². The van der Waals surface area contributed by atoms with E-state index in [-0.39, 0.29) is 22.6 Å². The zero-order chi connectivity index (χ0) is 41.0. The number of carboxylic acids is 2. The van der Waals surface area contributed by atoms with Gasteiger partial charge in [0, 0.05) is 11.4 Å². The van der Waals surface area contributed by atoms with Crippen molar-refractivity contribution in [2.45, 2.75) is 117 Å². The molecule has 0 bridgehead atoms. The Kier molecular flexibility index (Phi) is 23.1. The number of benzene rings is 4. The van der Waals surface area contributed by atoms with Crippen molar-refractivity contribution in [1.82, 2.24) is 0 Å². The maximum atomic E-state index is 11.8. The van der Waals surface area contributed by atoms with E-state index in [1.54, 1.807) is 48.5 Å². The summed E-state index contributed by atoms with van der Waals surface area (Å²) < 4.78 is 10.2. The Bertz CT molecular complexity index is 1580. The topological polar surface area (TPSA) is 179 Å². The van der Waals surface area contributed by atoms with Crippen LogP contribution in [0.15, 0.2) is 97.1 Å². The number of rotatable bonds is 21. The molecule has 56 heavy (non-hydrogen) atoms. The molecule has 0 saturated carbocycles. The molecule has 0 heterocycles. The summed E-state index contributed by atoms with van der Waals surface area (Å²) in [4.78, 5) is 44.9. The number of carbonyl (C=O) groups excluding carboxylic acids is 2. The minimum absolute atomic E-state index is 0.132. The van der Waals surface area contributed by atoms with Gasteiger partial charge in [0.25, 0.3) is 0 Å². The molecule has 10 nitrogen and oxygen atoms in total. The van der Waals surface area contributed by atoms with Crippen LogP contribution in [0.25, 0.3) is 0 Å². The highest BCUT2D eigenvalue weighted by Gasteiger charge is 2.11. The summed E-state index contributed by atoms with van der Waals surface area (Å²) in [5, 5.41) is 17.5. The standard InChI is InChI=1S/C18H38.2C14H11NO4/c1-3-5-7-9-11-13-15-17-18-16-14-12-10-8-6-4-2;2*15-11-5-1-10(2-6-11)14(18)19-12-7-3-9(4-8-12)13(16)17/h3-18H2,1-2H3;2*1-8H,15H2,(H,16,17). The first-order chi connectivity index (χ1) is 27.0. The Labute approximate surface area is 332 Å². The second-order valence-corrected chi connectivity index (χ2v) is 13.6. The smallest absolute Gasteiger partial charge is 0.343 e. The third-order valence-corrected chi connectivity index (χ3v) is 8.87. The number of carbonyl (C=O) groups is 4. The monoisotopic (exact) mass is 768 g/mol. The average molecular weight is 769 g/mol. The lowest BCUT2D eigenvalue weighted by Crippen LogP contribution is -2.08. The number of aromatic carboxylic acids is 2. The first-order valence-corrected chi connectivity index (χ1v) is 19.9. The van der Waals surface area contributed by atoms with Crippen LogP contribution in [0.2, 0.25) is 0 Å². The molecular weight excluding hydrogens is 709 g/mol. The minimum Gasteiger partial charge on any atom is -0.478 e. The van der Waals surface area contributed by atoms with Gasteiger partial charge >= 0.3 is 23.9 Å². The molecule has 0 amide bonds. The fraction of sp³-hybridized carbons (Fsp3) is 0.391. The van der Waals surface area contributed by atoms with Gasteiger partial charge in [0.15, 0.2) is 0 Å². The van der Waals surface area contributed by atoms with Crippen molar-refractivity contribution in [3.63, 3.8) is 0 Å². The lowest BCUT2D eigenvalue weighted by Gasteiger charge is -2.04. The first-order valence-electron chi connectivity index (χ1n) is 19.9. The zero-order valence-electron chi connectivity index (χ0n) is 33.0. The molecule has 4 rings (SSSR count). The Morgan fingerprint density at radius 3 is 0.857 bits per heavy atom. The number of carboxylic acid groups (broad SMARTS) is 2. The molecule has 0 unspecified atom stereocenters. The SMILES string of the molecule is CCCCCCCCCCCCCCCCCC.Nc1ccc(C(=O)Oc2ccc(C(=O)O)cc2)cc1.Nc1ccc(C(=O)Oc2ccc(C(=O)O)cc2)cc1. The van der Waals surface area contributed by atoms with Crippen molar-refractivity contribution in [3.8, 4) is 11.5 Å². The van der Waals surface area contributed by atoms with Crippen molar-refractivity contribution < 1.29 is 38.9 Å². The highest BCUT2D eigenvalue weighted by Crippen LogP contribution is 2.17. The van der Waals surface area contributed by atoms with E-state index in [0.29, 0.717) is 22.5 Å². The summed E-state index contributed by atoms with van der Waals surface area (Å²) in [6, 6.07) is 23.8. The molecule has 0 aromatic heterocycles. The van der Waals surface area contributed by atoms with Gasteiger partial charge in [-0.25, -0.2) is 19.2 Å². The maximum absolute atomic E-state index is 11.8. The highest BCUT2D eigenvalue weighted by atomic mass is 16.5. The van der Waals surface area contributed by atoms with Gasteiger partial charge in [-0.15, -0.1) is 0 Å². The van der Waals surface area contributed by atoms with Crippen LogP contribution in [0.3, 0.4) is 0 Å². The van der Waals surface area contributed by atoms with Gasteiger partial charge in [-0.05, 0) is 97.1 Å². The van der Waals surface area contributed by atoms with Crippen molar-refractivity contribution in [2.24, 2.45) is 0 Å². The van der Waals surface area contributed by atoms with E-state index in [1.165, 1.54) is 151 Å². The van der Waals surface area contributed by atoms with Crippen molar-refractivity contribution in [3.05, 3.63) is 119 Å². The summed E-state index contributed by atoms with van der Waals surface area (Å²) in [7, 11) is 0. The number of unbranched alkanes of at least 4 members (excludes halogenated alkanes) is 15. The van der Waals surface area contributed by atoms with E-state index in [4.69, 9.17) is 31.2 Å². The van der Waals surface area contributed by atoms with Crippen LogP contribution < -0.4 is 20.9 Å². The van der Waals surface area contributed by atoms with Crippen LogP contribution in [0.1, 0.15) is 158 Å². The molecule has 0 aliphatic rings. The summed E-state index contributed by atoms with van der Waals surface area (Å²) in [5.41, 5.74) is 13.2. The van der Waals surface area contributed by atoms with Crippen LogP contribution >= 0.6 is 0 Å². The molecule has 4 aromatic rings. The summed E-state index contributed by atoms with van der Waals surface area (Å²) >= 11 is 0. The highest BCUT2D eigenvalue weighted by molar-refractivity contribution is 5.92. The minimum atomic E-state index is -1.03. The van der Waals surface area contributed by atoms with Gasteiger partial charge in [-0.2, -0.15) is 0 Å². The number of nitrogens with two attached hydrogens (primary N) is 2. The van der Waals surface area contributed by atoms with Gasteiger partial charge in [-0.3, -0.25) is 0 Å². The molecule has 6 N–H and O–H groups in total.